The molecule has 0 amide bonds. The molecule has 0 atom stereocenters. The van der Waals surface area contributed by atoms with Crippen molar-refractivity contribution in [1.29, 1.82) is 0 Å². The van der Waals surface area contributed by atoms with Gasteiger partial charge in [-0.3, -0.25) is 4.79 Å². The zero-order valence-corrected chi connectivity index (χ0v) is 7.54. The Morgan fingerprint density at radius 2 is 2.31 bits per heavy atom. The van der Waals surface area contributed by atoms with E-state index in [9.17, 15) is 4.79 Å². The molecule has 2 rings (SSSR count). The number of ketones is 1. The van der Waals surface area contributed by atoms with E-state index in [2.05, 4.69) is 4.98 Å². The SMILES string of the molecule is COc1cc2c(cn1)C(=O)CCC2. The normalized spacial score (nSPS) is 15.3. The van der Waals surface area contributed by atoms with Gasteiger partial charge >= 0.3 is 0 Å². The standard InChI is InChI=1S/C10H11NO2/c1-13-10-5-7-3-2-4-9(12)8(7)6-11-10/h5-6H,2-4H2,1H3. The van der Waals surface area contributed by atoms with Crippen LogP contribution < -0.4 is 4.74 Å². The van der Waals surface area contributed by atoms with Gasteiger partial charge in [0.15, 0.2) is 5.78 Å². The minimum Gasteiger partial charge on any atom is -0.481 e. The maximum Gasteiger partial charge on any atom is 0.213 e. The van der Waals surface area contributed by atoms with Crippen molar-refractivity contribution < 1.29 is 9.53 Å². The first-order chi connectivity index (χ1) is 6.31. The molecular weight excluding hydrogens is 166 g/mol. The van der Waals surface area contributed by atoms with E-state index in [-0.39, 0.29) is 5.78 Å². The van der Waals surface area contributed by atoms with Gasteiger partial charge in [-0.1, -0.05) is 0 Å². The van der Waals surface area contributed by atoms with Gasteiger partial charge in [-0.05, 0) is 18.4 Å². The minimum atomic E-state index is 0.205. The van der Waals surface area contributed by atoms with Gasteiger partial charge in [0.2, 0.25) is 5.88 Å². The van der Waals surface area contributed by atoms with Crippen molar-refractivity contribution in [3.63, 3.8) is 0 Å². The van der Waals surface area contributed by atoms with Gasteiger partial charge in [0, 0.05) is 24.2 Å². The van der Waals surface area contributed by atoms with Gasteiger partial charge < -0.3 is 4.74 Å². The van der Waals surface area contributed by atoms with Gasteiger partial charge in [0.05, 0.1) is 7.11 Å². The highest BCUT2D eigenvalue weighted by Crippen LogP contribution is 2.22. The smallest absolute Gasteiger partial charge is 0.213 e. The van der Waals surface area contributed by atoms with Crippen LogP contribution in [0.1, 0.15) is 28.8 Å². The molecule has 13 heavy (non-hydrogen) atoms. The van der Waals surface area contributed by atoms with Crippen LogP contribution in [0.5, 0.6) is 5.88 Å². The molecule has 3 nitrogen and oxygen atoms in total. The predicted octanol–water partition coefficient (Wildman–Crippen LogP) is 1.61. The molecule has 1 aliphatic rings. The average Bonchev–Trinajstić information content (AvgIpc) is 2.18. The second-order valence-electron chi connectivity index (χ2n) is 3.16. The molecular formula is C10H11NO2. The zero-order valence-electron chi connectivity index (χ0n) is 7.54. The van der Waals surface area contributed by atoms with Crippen LogP contribution in [-0.4, -0.2) is 17.9 Å². The first-order valence-electron chi connectivity index (χ1n) is 4.37. The molecule has 3 heteroatoms. The summed E-state index contributed by atoms with van der Waals surface area (Å²) in [5, 5.41) is 0. The Balaban J connectivity index is 2.45. The topological polar surface area (TPSA) is 39.2 Å². The number of pyridine rings is 1. The molecule has 0 N–H and O–H groups in total. The van der Waals surface area contributed by atoms with E-state index >= 15 is 0 Å². The Morgan fingerprint density at radius 1 is 1.46 bits per heavy atom. The summed E-state index contributed by atoms with van der Waals surface area (Å²) in [6.07, 6.45) is 4.18. The number of hydrogen-bond donors (Lipinski definition) is 0. The molecule has 1 aromatic heterocycles. The van der Waals surface area contributed by atoms with E-state index in [4.69, 9.17) is 4.74 Å². The van der Waals surface area contributed by atoms with Crippen LogP contribution in [0.15, 0.2) is 12.3 Å². The van der Waals surface area contributed by atoms with Crippen LogP contribution in [-0.2, 0) is 6.42 Å². The highest BCUT2D eigenvalue weighted by molar-refractivity contribution is 5.98. The second-order valence-corrected chi connectivity index (χ2v) is 3.16. The van der Waals surface area contributed by atoms with Crippen LogP contribution in [0, 0.1) is 0 Å². The van der Waals surface area contributed by atoms with Crippen molar-refractivity contribution in [2.75, 3.05) is 7.11 Å². The largest absolute Gasteiger partial charge is 0.481 e. The lowest BCUT2D eigenvalue weighted by molar-refractivity contribution is 0.0972. The van der Waals surface area contributed by atoms with Crippen molar-refractivity contribution in [1.82, 2.24) is 4.98 Å². The number of hydrogen-bond acceptors (Lipinski definition) is 3. The number of aromatic nitrogens is 1. The van der Waals surface area contributed by atoms with E-state index in [0.717, 1.165) is 24.0 Å². The zero-order chi connectivity index (χ0) is 9.26. The summed E-state index contributed by atoms with van der Waals surface area (Å²) in [6, 6.07) is 1.85. The molecule has 0 unspecified atom stereocenters. The quantitative estimate of drug-likeness (QED) is 0.654. The monoisotopic (exact) mass is 177 g/mol. The molecule has 0 aliphatic heterocycles. The Hall–Kier alpha value is -1.38. The van der Waals surface area contributed by atoms with E-state index < -0.39 is 0 Å². The fraction of sp³-hybridized carbons (Fsp3) is 0.400. The number of carbonyl (C=O) groups is 1. The summed E-state index contributed by atoms with van der Waals surface area (Å²) >= 11 is 0. The number of Topliss-reactive ketones (excluding diaryl/α,β-unsaturated/α-hetero) is 1. The van der Waals surface area contributed by atoms with Gasteiger partial charge in [0.25, 0.3) is 0 Å². The lowest BCUT2D eigenvalue weighted by Gasteiger charge is -2.14. The fourth-order valence-corrected chi connectivity index (χ4v) is 1.62. The summed E-state index contributed by atoms with van der Waals surface area (Å²) < 4.78 is 4.99. The maximum atomic E-state index is 11.4. The molecule has 0 aromatic carbocycles. The Kier molecular flexibility index (Phi) is 2.00. The average molecular weight is 177 g/mol. The third-order valence-electron chi connectivity index (χ3n) is 2.32. The van der Waals surface area contributed by atoms with Crippen molar-refractivity contribution >= 4 is 5.78 Å². The van der Waals surface area contributed by atoms with Crippen LogP contribution >= 0.6 is 0 Å². The molecule has 0 spiro atoms. The van der Waals surface area contributed by atoms with E-state index in [1.165, 1.54) is 0 Å². The third-order valence-corrected chi connectivity index (χ3v) is 2.32. The van der Waals surface area contributed by atoms with Gasteiger partial charge in [-0.25, -0.2) is 4.98 Å². The summed E-state index contributed by atoms with van der Waals surface area (Å²) in [4.78, 5) is 15.4. The number of methoxy groups -OCH3 is 1. The Morgan fingerprint density at radius 3 is 3.08 bits per heavy atom. The maximum absolute atomic E-state index is 11.4. The van der Waals surface area contributed by atoms with E-state index in [1.54, 1.807) is 13.3 Å². The van der Waals surface area contributed by atoms with Crippen molar-refractivity contribution in [3.05, 3.63) is 23.4 Å². The first kappa shape index (κ1) is 8.23. The van der Waals surface area contributed by atoms with Gasteiger partial charge in [-0.2, -0.15) is 0 Å². The number of ether oxygens (including phenoxy) is 1. The summed E-state index contributed by atoms with van der Waals surface area (Å²) in [5.41, 5.74) is 1.84. The highest BCUT2D eigenvalue weighted by atomic mass is 16.5. The van der Waals surface area contributed by atoms with E-state index in [1.807, 2.05) is 6.07 Å². The first-order valence-corrected chi connectivity index (χ1v) is 4.37. The molecule has 1 aromatic rings. The van der Waals surface area contributed by atoms with E-state index in [0.29, 0.717) is 12.3 Å². The van der Waals surface area contributed by atoms with Crippen molar-refractivity contribution in [2.45, 2.75) is 19.3 Å². The number of fused-ring (bicyclic) bond motifs is 1. The predicted molar refractivity (Wildman–Crippen MR) is 48.1 cm³/mol. The Bertz CT molecular complexity index is 347. The molecule has 68 valence electrons. The molecule has 0 fully saturated rings. The van der Waals surface area contributed by atoms with Gasteiger partial charge in [-0.15, -0.1) is 0 Å². The van der Waals surface area contributed by atoms with Crippen molar-refractivity contribution in [2.24, 2.45) is 0 Å². The number of carbonyl (C=O) groups excluding carboxylic acids is 1. The number of aryl methyl sites for hydroxylation is 1. The van der Waals surface area contributed by atoms with Crippen molar-refractivity contribution in [3.8, 4) is 5.88 Å². The molecule has 1 heterocycles. The third kappa shape index (κ3) is 1.41. The summed E-state index contributed by atoms with van der Waals surface area (Å²) in [5.74, 6) is 0.796. The summed E-state index contributed by atoms with van der Waals surface area (Å²) in [6.45, 7) is 0. The summed E-state index contributed by atoms with van der Waals surface area (Å²) in [7, 11) is 1.58. The Labute approximate surface area is 76.7 Å². The second kappa shape index (κ2) is 3.17. The van der Waals surface area contributed by atoms with Crippen LogP contribution in [0.4, 0.5) is 0 Å². The fourth-order valence-electron chi connectivity index (χ4n) is 1.62. The molecule has 0 saturated heterocycles. The van der Waals surface area contributed by atoms with Crippen LogP contribution in [0.2, 0.25) is 0 Å². The lowest BCUT2D eigenvalue weighted by atomic mass is 9.92. The van der Waals surface area contributed by atoms with Crippen LogP contribution in [0.25, 0.3) is 0 Å². The molecule has 0 saturated carbocycles. The van der Waals surface area contributed by atoms with Gasteiger partial charge in [0.1, 0.15) is 0 Å². The lowest BCUT2D eigenvalue weighted by Crippen LogP contribution is -2.11. The number of rotatable bonds is 1. The molecule has 1 aliphatic carbocycles. The molecule has 0 radical (unpaired) electrons. The van der Waals surface area contributed by atoms with Crippen LogP contribution in [0.3, 0.4) is 0 Å². The minimum absolute atomic E-state index is 0.205. The molecule has 0 bridgehead atoms. The highest BCUT2D eigenvalue weighted by Gasteiger charge is 2.17. The number of nitrogens with zero attached hydrogens (tertiary/aromatic N) is 1.